The largest absolute Gasteiger partial charge is 0.349 e. The third-order valence-corrected chi connectivity index (χ3v) is 3.84. The Morgan fingerprint density at radius 1 is 1.21 bits per heavy atom. The Labute approximate surface area is 87.0 Å². The van der Waals surface area contributed by atoms with Crippen LogP contribution in [0.2, 0.25) is 0 Å². The summed E-state index contributed by atoms with van der Waals surface area (Å²) in [5.41, 5.74) is 0. The second kappa shape index (κ2) is 4.63. The lowest BCUT2D eigenvalue weighted by Gasteiger charge is -2.30. The Bertz CT molecular complexity index is 181. The molecule has 4 unspecified atom stereocenters. The lowest BCUT2D eigenvalue weighted by atomic mass is 9.80. The van der Waals surface area contributed by atoms with Crippen molar-refractivity contribution < 1.29 is 9.47 Å². The van der Waals surface area contributed by atoms with Crippen LogP contribution in [0.15, 0.2) is 0 Å². The van der Waals surface area contributed by atoms with Gasteiger partial charge in [-0.15, -0.1) is 0 Å². The summed E-state index contributed by atoms with van der Waals surface area (Å²) in [5, 5.41) is 0. The molecule has 1 aliphatic carbocycles. The van der Waals surface area contributed by atoms with Crippen molar-refractivity contribution in [2.75, 3.05) is 6.79 Å². The molecule has 1 saturated carbocycles. The van der Waals surface area contributed by atoms with E-state index in [9.17, 15) is 0 Å². The first-order valence-electron chi connectivity index (χ1n) is 6.02. The Kier molecular flexibility index (Phi) is 3.45. The number of ether oxygens (including phenoxy) is 2. The lowest BCUT2D eigenvalue weighted by molar-refractivity contribution is 0.0385. The zero-order valence-electron chi connectivity index (χ0n) is 9.37. The van der Waals surface area contributed by atoms with Gasteiger partial charge in [0.15, 0.2) is 0 Å². The summed E-state index contributed by atoms with van der Waals surface area (Å²) < 4.78 is 11.1. The quantitative estimate of drug-likeness (QED) is 0.694. The fraction of sp³-hybridized carbons (Fsp3) is 1.00. The van der Waals surface area contributed by atoms with Gasteiger partial charge < -0.3 is 9.47 Å². The van der Waals surface area contributed by atoms with Crippen molar-refractivity contribution in [2.45, 2.75) is 58.2 Å². The van der Waals surface area contributed by atoms with E-state index >= 15 is 0 Å². The van der Waals surface area contributed by atoms with Gasteiger partial charge in [0.2, 0.25) is 0 Å². The van der Waals surface area contributed by atoms with Crippen LogP contribution in [0.25, 0.3) is 0 Å². The van der Waals surface area contributed by atoms with Crippen LogP contribution in [0.5, 0.6) is 0 Å². The number of rotatable bonds is 3. The monoisotopic (exact) mass is 198 g/mol. The molecule has 14 heavy (non-hydrogen) atoms. The average Bonchev–Trinajstić information content (AvgIpc) is 2.64. The van der Waals surface area contributed by atoms with E-state index in [4.69, 9.17) is 9.47 Å². The standard InChI is InChI=1S/C12H22O2/c1-3-9(2)6-10-4-5-11-12(7-10)14-8-13-11/h9-12H,3-8H2,1-2H3. The van der Waals surface area contributed by atoms with E-state index in [0.717, 1.165) is 11.8 Å². The molecule has 1 heterocycles. The van der Waals surface area contributed by atoms with Gasteiger partial charge in [0.25, 0.3) is 0 Å². The van der Waals surface area contributed by atoms with E-state index in [2.05, 4.69) is 13.8 Å². The van der Waals surface area contributed by atoms with Crippen LogP contribution in [0.4, 0.5) is 0 Å². The van der Waals surface area contributed by atoms with Crippen molar-refractivity contribution in [1.29, 1.82) is 0 Å². The topological polar surface area (TPSA) is 18.5 Å². The van der Waals surface area contributed by atoms with Crippen LogP contribution < -0.4 is 0 Å². The molecule has 2 nitrogen and oxygen atoms in total. The molecular formula is C12H22O2. The average molecular weight is 198 g/mol. The number of hydrogen-bond acceptors (Lipinski definition) is 2. The number of fused-ring (bicyclic) bond motifs is 1. The maximum atomic E-state index is 5.58. The van der Waals surface area contributed by atoms with E-state index in [1.54, 1.807) is 0 Å². The Balaban J connectivity index is 1.79. The summed E-state index contributed by atoms with van der Waals surface area (Å²) >= 11 is 0. The van der Waals surface area contributed by atoms with Gasteiger partial charge >= 0.3 is 0 Å². The van der Waals surface area contributed by atoms with E-state index in [1.165, 1.54) is 32.1 Å². The van der Waals surface area contributed by atoms with Crippen LogP contribution in [0.3, 0.4) is 0 Å². The highest BCUT2D eigenvalue weighted by Gasteiger charge is 2.35. The summed E-state index contributed by atoms with van der Waals surface area (Å²) in [6.07, 6.45) is 7.31. The van der Waals surface area contributed by atoms with Gasteiger partial charge in [0.05, 0.1) is 12.2 Å². The molecule has 1 saturated heterocycles. The smallest absolute Gasteiger partial charge is 0.147 e. The van der Waals surface area contributed by atoms with Gasteiger partial charge in [-0.05, 0) is 37.5 Å². The molecule has 0 aromatic heterocycles. The first kappa shape index (κ1) is 10.4. The maximum Gasteiger partial charge on any atom is 0.147 e. The van der Waals surface area contributed by atoms with Crippen molar-refractivity contribution in [3.63, 3.8) is 0 Å². The van der Waals surface area contributed by atoms with Crippen LogP contribution >= 0.6 is 0 Å². The van der Waals surface area contributed by atoms with Crippen LogP contribution in [-0.4, -0.2) is 19.0 Å². The molecule has 0 aromatic rings. The van der Waals surface area contributed by atoms with Crippen molar-refractivity contribution in [3.8, 4) is 0 Å². The summed E-state index contributed by atoms with van der Waals surface area (Å²) in [5.74, 6) is 1.76. The minimum absolute atomic E-state index is 0.415. The molecule has 0 bridgehead atoms. The SMILES string of the molecule is CCC(C)CC1CCC2OCOC2C1. The van der Waals surface area contributed by atoms with Gasteiger partial charge in [-0.1, -0.05) is 20.3 Å². The maximum absolute atomic E-state index is 5.58. The summed E-state index contributed by atoms with van der Waals surface area (Å²) in [4.78, 5) is 0. The van der Waals surface area contributed by atoms with Crippen molar-refractivity contribution in [1.82, 2.24) is 0 Å². The Morgan fingerprint density at radius 2 is 2.00 bits per heavy atom. The third-order valence-electron chi connectivity index (χ3n) is 3.84. The lowest BCUT2D eigenvalue weighted by Crippen LogP contribution is -2.31. The second-order valence-corrected chi connectivity index (χ2v) is 4.96. The van der Waals surface area contributed by atoms with E-state index < -0.39 is 0 Å². The molecule has 0 amide bonds. The zero-order valence-corrected chi connectivity index (χ0v) is 9.37. The first-order valence-corrected chi connectivity index (χ1v) is 6.02. The molecule has 2 fully saturated rings. The predicted octanol–water partition coefficient (Wildman–Crippen LogP) is 2.96. The van der Waals surface area contributed by atoms with Crippen molar-refractivity contribution in [2.24, 2.45) is 11.8 Å². The highest BCUT2D eigenvalue weighted by molar-refractivity contribution is 4.84. The Hall–Kier alpha value is -0.0800. The molecule has 0 N–H and O–H groups in total. The van der Waals surface area contributed by atoms with Crippen LogP contribution in [0.1, 0.15) is 46.0 Å². The fourth-order valence-corrected chi connectivity index (χ4v) is 2.71. The molecule has 0 aromatic carbocycles. The van der Waals surface area contributed by atoms with E-state index in [0.29, 0.717) is 19.0 Å². The normalized spacial score (nSPS) is 39.4. The van der Waals surface area contributed by atoms with Crippen LogP contribution in [0, 0.1) is 11.8 Å². The minimum atomic E-state index is 0.415. The summed E-state index contributed by atoms with van der Waals surface area (Å²) in [6, 6.07) is 0. The number of hydrogen-bond donors (Lipinski definition) is 0. The highest BCUT2D eigenvalue weighted by atomic mass is 16.7. The highest BCUT2D eigenvalue weighted by Crippen LogP contribution is 2.35. The molecule has 2 rings (SSSR count). The second-order valence-electron chi connectivity index (χ2n) is 4.96. The summed E-state index contributed by atoms with van der Waals surface area (Å²) in [7, 11) is 0. The first-order chi connectivity index (χ1) is 6.79. The van der Waals surface area contributed by atoms with E-state index in [1.807, 2.05) is 0 Å². The fourth-order valence-electron chi connectivity index (χ4n) is 2.71. The molecule has 0 radical (unpaired) electrons. The molecule has 0 spiro atoms. The van der Waals surface area contributed by atoms with Crippen molar-refractivity contribution in [3.05, 3.63) is 0 Å². The Morgan fingerprint density at radius 3 is 2.79 bits per heavy atom. The predicted molar refractivity (Wildman–Crippen MR) is 56.0 cm³/mol. The molecule has 1 aliphatic heterocycles. The van der Waals surface area contributed by atoms with Crippen molar-refractivity contribution >= 4 is 0 Å². The van der Waals surface area contributed by atoms with Gasteiger partial charge in [-0.2, -0.15) is 0 Å². The summed E-state index contributed by atoms with van der Waals surface area (Å²) in [6.45, 7) is 5.18. The van der Waals surface area contributed by atoms with Gasteiger partial charge in [-0.25, -0.2) is 0 Å². The van der Waals surface area contributed by atoms with Gasteiger partial charge in [0.1, 0.15) is 6.79 Å². The van der Waals surface area contributed by atoms with E-state index in [-0.39, 0.29) is 0 Å². The molecule has 82 valence electrons. The third kappa shape index (κ3) is 2.29. The minimum Gasteiger partial charge on any atom is -0.349 e. The van der Waals surface area contributed by atoms with Gasteiger partial charge in [0, 0.05) is 0 Å². The zero-order chi connectivity index (χ0) is 9.97. The van der Waals surface area contributed by atoms with Crippen LogP contribution in [-0.2, 0) is 9.47 Å². The molecule has 4 atom stereocenters. The molecule has 2 heteroatoms. The molecular weight excluding hydrogens is 176 g/mol. The molecule has 2 aliphatic rings. The van der Waals surface area contributed by atoms with Gasteiger partial charge in [-0.3, -0.25) is 0 Å².